The Bertz CT molecular complexity index is 140. The van der Waals surface area contributed by atoms with Gasteiger partial charge in [-0.2, -0.15) is 0 Å². The van der Waals surface area contributed by atoms with Gasteiger partial charge in [0, 0.05) is 0 Å². The van der Waals surface area contributed by atoms with Crippen LogP contribution in [0.3, 0.4) is 0 Å². The van der Waals surface area contributed by atoms with Gasteiger partial charge in [0.05, 0.1) is 10.1 Å². The Kier molecular flexibility index (Phi) is 4.67. The smallest absolute Gasteiger partial charge is 0.162 e. The summed E-state index contributed by atoms with van der Waals surface area (Å²) in [5.74, 6) is 0. The third-order valence-electron chi connectivity index (χ3n) is 0.523. The summed E-state index contributed by atoms with van der Waals surface area (Å²) in [5, 5.41) is -0.207. The molecule has 0 aliphatic carbocycles. The molecule has 0 aromatic rings. The first kappa shape index (κ1) is 9.57. The summed E-state index contributed by atoms with van der Waals surface area (Å²) in [5.41, 5.74) is 0. The van der Waals surface area contributed by atoms with E-state index in [4.69, 9.17) is 46.4 Å². The van der Waals surface area contributed by atoms with Crippen molar-refractivity contribution in [2.24, 2.45) is 0 Å². The molecule has 0 atom stereocenters. The molecule has 0 aromatic carbocycles. The molecule has 0 heterocycles. The Morgan fingerprint density at radius 1 is 1.33 bits per heavy atom. The summed E-state index contributed by atoms with van der Waals surface area (Å²) in [4.78, 5) is 8.93. The highest BCUT2D eigenvalue weighted by atomic mass is 35.5. The molecule has 0 fully saturated rings. The minimum Gasteiger partial charge on any atom is -0.297 e. The highest BCUT2D eigenvalue weighted by molar-refractivity contribution is 6.55. The summed E-state index contributed by atoms with van der Waals surface area (Å²) in [6.45, 7) is 0. The lowest BCUT2D eigenvalue weighted by Crippen LogP contribution is -1.89. The third-order valence-corrected chi connectivity index (χ3v) is 1.99. The van der Waals surface area contributed by atoms with Crippen LogP contribution < -0.4 is 0 Å². The molecule has 0 aliphatic rings. The van der Waals surface area contributed by atoms with E-state index in [1.807, 2.05) is 0 Å². The number of rotatable bonds is 2. The molecule has 0 saturated heterocycles. The van der Waals surface area contributed by atoms with Crippen molar-refractivity contribution < 1.29 is 4.79 Å². The second kappa shape index (κ2) is 4.40. The molecule has 5 heteroatoms. The first-order valence-corrected chi connectivity index (χ1v) is 3.51. The van der Waals surface area contributed by atoms with E-state index in [2.05, 4.69) is 0 Å². The Morgan fingerprint density at radius 2 is 1.78 bits per heavy atom. The van der Waals surface area contributed by atoms with Gasteiger partial charge in [-0.1, -0.05) is 46.4 Å². The van der Waals surface area contributed by atoms with Crippen LogP contribution in [0.5, 0.6) is 0 Å². The number of allylic oxidation sites excluding steroid dienone is 2. The fourth-order valence-electron chi connectivity index (χ4n) is 0.161. The molecule has 0 amide bonds. The minimum atomic E-state index is -0.927. The molecule has 0 radical (unpaired) electrons. The van der Waals surface area contributed by atoms with Crippen LogP contribution in [0.25, 0.3) is 0 Å². The van der Waals surface area contributed by atoms with Gasteiger partial charge in [0.1, 0.15) is 4.84 Å². The van der Waals surface area contributed by atoms with Crippen LogP contribution in [0, 0.1) is 0 Å². The minimum absolute atomic E-state index is 0.0463. The Labute approximate surface area is 72.5 Å². The SMILES string of the molecule is O=C/C(Cl)=C(/Cl)C(Cl)Cl. The highest BCUT2D eigenvalue weighted by Crippen LogP contribution is 2.22. The number of hydrogen-bond donors (Lipinski definition) is 0. The number of halogens is 4. The van der Waals surface area contributed by atoms with Gasteiger partial charge in [-0.3, -0.25) is 4.79 Å². The molecule has 0 saturated carbocycles. The molecular formula is C4H2Cl4O. The molecular weight excluding hydrogens is 206 g/mol. The van der Waals surface area contributed by atoms with Gasteiger partial charge in [0.15, 0.2) is 6.29 Å². The summed E-state index contributed by atoms with van der Waals surface area (Å²) >= 11 is 21.0. The van der Waals surface area contributed by atoms with Gasteiger partial charge in [-0.05, 0) is 0 Å². The largest absolute Gasteiger partial charge is 0.297 e. The van der Waals surface area contributed by atoms with Gasteiger partial charge in [-0.15, -0.1) is 0 Å². The predicted octanol–water partition coefficient (Wildman–Crippen LogP) is 2.68. The van der Waals surface area contributed by atoms with Gasteiger partial charge in [-0.25, -0.2) is 0 Å². The fraction of sp³-hybridized carbons (Fsp3) is 0.250. The van der Waals surface area contributed by atoms with Crippen molar-refractivity contribution in [3.05, 3.63) is 10.1 Å². The average molecular weight is 208 g/mol. The number of carbonyl (C=O) groups is 1. The molecule has 1 nitrogen and oxygen atoms in total. The summed E-state index contributed by atoms with van der Waals surface area (Å²) in [6, 6.07) is 0. The van der Waals surface area contributed by atoms with Crippen molar-refractivity contribution in [1.29, 1.82) is 0 Å². The third kappa shape index (κ3) is 3.31. The maximum Gasteiger partial charge on any atom is 0.162 e. The van der Waals surface area contributed by atoms with E-state index in [1.54, 1.807) is 0 Å². The molecule has 0 rings (SSSR count). The van der Waals surface area contributed by atoms with Crippen LogP contribution in [-0.4, -0.2) is 11.1 Å². The quantitative estimate of drug-likeness (QED) is 0.387. The van der Waals surface area contributed by atoms with Crippen LogP contribution in [0.15, 0.2) is 10.1 Å². The van der Waals surface area contributed by atoms with Crippen molar-refractivity contribution in [2.45, 2.75) is 4.84 Å². The predicted molar refractivity (Wildman–Crippen MR) is 40.3 cm³/mol. The molecule has 0 unspecified atom stereocenters. The van der Waals surface area contributed by atoms with E-state index in [9.17, 15) is 4.79 Å². The molecule has 9 heavy (non-hydrogen) atoms. The van der Waals surface area contributed by atoms with E-state index in [0.29, 0.717) is 6.29 Å². The molecule has 0 spiro atoms. The molecule has 0 aliphatic heterocycles. The van der Waals surface area contributed by atoms with Gasteiger partial charge in [0.25, 0.3) is 0 Å². The molecule has 0 N–H and O–H groups in total. The lowest BCUT2D eigenvalue weighted by molar-refractivity contribution is -0.104. The first-order chi connectivity index (χ1) is 4.09. The summed E-state index contributed by atoms with van der Waals surface area (Å²) in [7, 11) is 0. The van der Waals surface area contributed by atoms with Crippen LogP contribution in [0.2, 0.25) is 0 Å². The van der Waals surface area contributed by atoms with E-state index in [-0.39, 0.29) is 10.1 Å². The van der Waals surface area contributed by atoms with E-state index >= 15 is 0 Å². The lowest BCUT2D eigenvalue weighted by Gasteiger charge is -1.95. The standard InChI is InChI=1S/C4H2Cl4O/c5-2(1-9)3(6)4(7)8/h1,4H/b3-2-. The summed E-state index contributed by atoms with van der Waals surface area (Å²) in [6.07, 6.45) is 0.377. The average Bonchev–Trinajstić information content (AvgIpc) is 1.84. The Morgan fingerprint density at radius 3 is 1.89 bits per heavy atom. The van der Waals surface area contributed by atoms with Crippen molar-refractivity contribution in [2.75, 3.05) is 0 Å². The number of aldehydes is 1. The normalized spacial score (nSPS) is 13.4. The second-order valence-corrected chi connectivity index (χ2v) is 3.03. The second-order valence-electron chi connectivity index (χ2n) is 1.11. The number of alkyl halides is 2. The summed E-state index contributed by atoms with van der Waals surface area (Å²) < 4.78 is 0. The van der Waals surface area contributed by atoms with E-state index in [1.165, 1.54) is 0 Å². The van der Waals surface area contributed by atoms with Crippen LogP contribution in [-0.2, 0) is 4.79 Å². The molecule has 0 bridgehead atoms. The number of carbonyl (C=O) groups excluding carboxylic acids is 1. The fourth-order valence-corrected chi connectivity index (χ4v) is 0.661. The maximum atomic E-state index is 9.86. The zero-order valence-electron chi connectivity index (χ0n) is 4.07. The van der Waals surface area contributed by atoms with Crippen LogP contribution in [0.4, 0.5) is 0 Å². The van der Waals surface area contributed by atoms with Gasteiger partial charge < -0.3 is 0 Å². The van der Waals surface area contributed by atoms with Crippen molar-refractivity contribution in [1.82, 2.24) is 0 Å². The van der Waals surface area contributed by atoms with Gasteiger partial charge in [0.2, 0.25) is 0 Å². The maximum absolute atomic E-state index is 9.86. The lowest BCUT2D eigenvalue weighted by atomic mass is 10.5. The topological polar surface area (TPSA) is 17.1 Å². The van der Waals surface area contributed by atoms with Crippen LogP contribution in [0.1, 0.15) is 0 Å². The van der Waals surface area contributed by atoms with Crippen LogP contribution >= 0.6 is 46.4 Å². The van der Waals surface area contributed by atoms with E-state index in [0.717, 1.165) is 0 Å². The first-order valence-electron chi connectivity index (χ1n) is 1.88. The highest BCUT2D eigenvalue weighted by Gasteiger charge is 2.08. The molecule has 52 valence electrons. The zero-order chi connectivity index (χ0) is 7.44. The Hall–Kier alpha value is 0.570. The monoisotopic (exact) mass is 206 g/mol. The number of hydrogen-bond acceptors (Lipinski definition) is 1. The van der Waals surface area contributed by atoms with Crippen molar-refractivity contribution in [3.8, 4) is 0 Å². The molecule has 0 aromatic heterocycles. The van der Waals surface area contributed by atoms with Crippen molar-refractivity contribution in [3.63, 3.8) is 0 Å². The van der Waals surface area contributed by atoms with Gasteiger partial charge >= 0.3 is 0 Å². The van der Waals surface area contributed by atoms with Crippen molar-refractivity contribution >= 4 is 52.7 Å². The Balaban J connectivity index is 4.27. The zero-order valence-corrected chi connectivity index (χ0v) is 7.10. The van der Waals surface area contributed by atoms with E-state index < -0.39 is 4.84 Å².